The second-order valence-corrected chi connectivity index (χ2v) is 4.68. The van der Waals surface area contributed by atoms with Gasteiger partial charge in [-0.25, -0.2) is 0 Å². The van der Waals surface area contributed by atoms with Gasteiger partial charge in [-0.15, -0.1) is 0 Å². The Hall–Kier alpha value is -0.0400. The highest BCUT2D eigenvalue weighted by molar-refractivity contribution is 5.20. The molecule has 1 saturated heterocycles. The highest BCUT2D eigenvalue weighted by atomic mass is 16.6. The second-order valence-electron chi connectivity index (χ2n) is 4.68. The summed E-state index contributed by atoms with van der Waals surface area (Å²) in [4.78, 5) is 0. The van der Waals surface area contributed by atoms with Gasteiger partial charge in [0.25, 0.3) is 0 Å². The zero-order chi connectivity index (χ0) is 7.62. The van der Waals surface area contributed by atoms with Gasteiger partial charge < -0.3 is 4.74 Å². The molecule has 1 nitrogen and oxygen atoms in total. The van der Waals surface area contributed by atoms with Crippen molar-refractivity contribution in [3.63, 3.8) is 0 Å². The van der Waals surface area contributed by atoms with Crippen LogP contribution in [0.4, 0.5) is 0 Å². The van der Waals surface area contributed by atoms with Crippen LogP contribution in [0.25, 0.3) is 0 Å². The van der Waals surface area contributed by atoms with Gasteiger partial charge in [-0.2, -0.15) is 0 Å². The molecule has 0 amide bonds. The van der Waals surface area contributed by atoms with Crippen LogP contribution in [-0.4, -0.2) is 11.2 Å². The predicted molar refractivity (Wildman–Crippen MR) is 40.9 cm³/mol. The van der Waals surface area contributed by atoms with Gasteiger partial charge in [0.1, 0.15) is 0 Å². The molecule has 0 N–H and O–H groups in total. The lowest BCUT2D eigenvalue weighted by Crippen LogP contribution is -2.77. The largest absolute Gasteiger partial charge is 0.368 e. The Morgan fingerprint density at radius 3 is 1.60 bits per heavy atom. The predicted octanol–water partition coefficient (Wildman–Crippen LogP) is 2.35. The molecule has 0 bridgehead atoms. The summed E-state index contributed by atoms with van der Waals surface area (Å²) >= 11 is 0. The molecule has 0 spiro atoms. The van der Waals surface area contributed by atoms with E-state index in [1.54, 1.807) is 0 Å². The molecule has 10 heavy (non-hydrogen) atoms. The van der Waals surface area contributed by atoms with Crippen LogP contribution in [0.3, 0.4) is 0 Å². The van der Waals surface area contributed by atoms with Crippen molar-refractivity contribution in [2.75, 3.05) is 0 Å². The summed E-state index contributed by atoms with van der Waals surface area (Å²) in [7, 11) is 0. The Bertz CT molecular complexity index is 174. The standard InChI is InChI=1S/C9H16O/c1-7(2)8(3)5-6-9(8,4)10-7/h5-6H2,1-4H3. The molecule has 2 atom stereocenters. The molecule has 2 rings (SSSR count). The first kappa shape index (κ1) is 6.66. The van der Waals surface area contributed by atoms with E-state index in [0.717, 1.165) is 0 Å². The summed E-state index contributed by atoms with van der Waals surface area (Å²) in [6.07, 6.45) is 2.60. The fraction of sp³-hybridized carbons (Fsp3) is 1.00. The van der Waals surface area contributed by atoms with Gasteiger partial charge >= 0.3 is 0 Å². The molecule has 0 aromatic rings. The van der Waals surface area contributed by atoms with Crippen LogP contribution >= 0.6 is 0 Å². The average Bonchev–Trinajstić information content (AvgIpc) is 1.82. The molecule has 2 unspecified atom stereocenters. The molecular formula is C9H16O. The Morgan fingerprint density at radius 2 is 1.60 bits per heavy atom. The Labute approximate surface area is 62.8 Å². The van der Waals surface area contributed by atoms with Crippen LogP contribution in [0, 0.1) is 5.41 Å². The number of rotatable bonds is 0. The highest BCUT2D eigenvalue weighted by Crippen LogP contribution is 2.68. The maximum absolute atomic E-state index is 5.82. The van der Waals surface area contributed by atoms with Gasteiger partial charge in [-0.05, 0) is 33.6 Å². The third-order valence-corrected chi connectivity index (χ3v) is 4.08. The molecule has 0 aromatic carbocycles. The monoisotopic (exact) mass is 140 g/mol. The normalized spacial score (nSPS) is 56.4. The van der Waals surface area contributed by atoms with Crippen molar-refractivity contribution >= 4 is 0 Å². The van der Waals surface area contributed by atoms with Crippen molar-refractivity contribution in [1.82, 2.24) is 0 Å². The Balaban J connectivity index is 2.28. The van der Waals surface area contributed by atoms with Crippen LogP contribution in [0.5, 0.6) is 0 Å². The van der Waals surface area contributed by atoms with Crippen molar-refractivity contribution < 1.29 is 4.74 Å². The first-order valence-electron chi connectivity index (χ1n) is 4.12. The zero-order valence-electron chi connectivity index (χ0n) is 7.32. The minimum atomic E-state index is 0.139. The van der Waals surface area contributed by atoms with Crippen molar-refractivity contribution in [3.05, 3.63) is 0 Å². The van der Waals surface area contributed by atoms with Crippen LogP contribution in [0.1, 0.15) is 40.5 Å². The quantitative estimate of drug-likeness (QED) is 0.502. The van der Waals surface area contributed by atoms with Crippen LogP contribution in [-0.2, 0) is 4.74 Å². The van der Waals surface area contributed by atoms with Crippen LogP contribution < -0.4 is 0 Å². The van der Waals surface area contributed by atoms with Gasteiger partial charge in [-0.3, -0.25) is 0 Å². The lowest BCUT2D eigenvalue weighted by atomic mass is 9.46. The molecule has 2 fully saturated rings. The minimum absolute atomic E-state index is 0.139. The van der Waals surface area contributed by atoms with Crippen molar-refractivity contribution in [1.29, 1.82) is 0 Å². The molecular weight excluding hydrogens is 124 g/mol. The van der Waals surface area contributed by atoms with Crippen LogP contribution in [0.2, 0.25) is 0 Å². The molecule has 1 heteroatoms. The molecule has 1 aliphatic carbocycles. The lowest BCUT2D eigenvalue weighted by Gasteiger charge is -2.73. The van der Waals surface area contributed by atoms with E-state index in [2.05, 4.69) is 27.7 Å². The summed E-state index contributed by atoms with van der Waals surface area (Å²) in [6, 6.07) is 0. The van der Waals surface area contributed by atoms with E-state index < -0.39 is 0 Å². The maximum atomic E-state index is 5.82. The van der Waals surface area contributed by atoms with Crippen molar-refractivity contribution in [3.8, 4) is 0 Å². The van der Waals surface area contributed by atoms with Gasteiger partial charge in [0.05, 0.1) is 11.2 Å². The van der Waals surface area contributed by atoms with E-state index in [4.69, 9.17) is 4.74 Å². The van der Waals surface area contributed by atoms with Gasteiger partial charge in [0.2, 0.25) is 0 Å². The van der Waals surface area contributed by atoms with E-state index in [0.29, 0.717) is 5.41 Å². The zero-order valence-corrected chi connectivity index (χ0v) is 7.32. The van der Waals surface area contributed by atoms with E-state index in [1.807, 2.05) is 0 Å². The first-order chi connectivity index (χ1) is 4.41. The molecule has 1 aliphatic heterocycles. The Kier molecular flexibility index (Phi) is 0.860. The van der Waals surface area contributed by atoms with E-state index in [9.17, 15) is 0 Å². The minimum Gasteiger partial charge on any atom is -0.368 e. The number of fused-ring (bicyclic) bond motifs is 1. The molecule has 0 aromatic heterocycles. The molecule has 1 saturated carbocycles. The van der Waals surface area contributed by atoms with E-state index >= 15 is 0 Å². The maximum Gasteiger partial charge on any atom is 0.0742 e. The van der Waals surface area contributed by atoms with E-state index in [1.165, 1.54) is 12.8 Å². The van der Waals surface area contributed by atoms with Gasteiger partial charge in [0.15, 0.2) is 0 Å². The summed E-state index contributed by atoms with van der Waals surface area (Å²) in [5.41, 5.74) is 0.844. The molecule has 2 aliphatic rings. The summed E-state index contributed by atoms with van der Waals surface area (Å²) in [6.45, 7) is 8.99. The van der Waals surface area contributed by atoms with Crippen LogP contribution in [0.15, 0.2) is 0 Å². The molecule has 1 heterocycles. The summed E-state index contributed by atoms with van der Waals surface area (Å²) < 4.78 is 5.82. The Morgan fingerprint density at radius 1 is 1.00 bits per heavy atom. The van der Waals surface area contributed by atoms with Gasteiger partial charge in [-0.1, -0.05) is 6.92 Å². The van der Waals surface area contributed by atoms with Crippen molar-refractivity contribution in [2.45, 2.75) is 51.7 Å². The highest BCUT2D eigenvalue weighted by Gasteiger charge is 2.71. The fourth-order valence-corrected chi connectivity index (χ4v) is 2.58. The van der Waals surface area contributed by atoms with Crippen molar-refractivity contribution in [2.24, 2.45) is 5.41 Å². The number of hydrogen-bond donors (Lipinski definition) is 0. The van der Waals surface area contributed by atoms with Gasteiger partial charge in [0, 0.05) is 5.41 Å². The van der Waals surface area contributed by atoms with E-state index in [-0.39, 0.29) is 11.2 Å². The second kappa shape index (κ2) is 1.29. The number of ether oxygens (including phenoxy) is 1. The molecule has 58 valence electrons. The number of hydrogen-bond acceptors (Lipinski definition) is 1. The average molecular weight is 140 g/mol. The third kappa shape index (κ3) is 0.402. The smallest absolute Gasteiger partial charge is 0.0742 e. The summed E-state index contributed by atoms with van der Waals surface area (Å²) in [5.74, 6) is 0. The first-order valence-corrected chi connectivity index (χ1v) is 4.12. The molecule has 0 radical (unpaired) electrons. The SMILES string of the molecule is CC1(C)OC2(C)CCC12C. The third-order valence-electron chi connectivity index (χ3n) is 4.08. The summed E-state index contributed by atoms with van der Waals surface area (Å²) in [5, 5.41) is 0. The fourth-order valence-electron chi connectivity index (χ4n) is 2.58. The lowest BCUT2D eigenvalue weighted by molar-refractivity contribution is -0.404. The topological polar surface area (TPSA) is 9.23 Å².